The van der Waals surface area contributed by atoms with E-state index in [-0.39, 0.29) is 5.57 Å². The van der Waals surface area contributed by atoms with E-state index in [4.69, 9.17) is 4.74 Å². The van der Waals surface area contributed by atoms with Gasteiger partial charge in [-0.25, -0.2) is 9.59 Å². The molecule has 96 valence electrons. The minimum Gasteiger partial charge on any atom is -0.425 e. The average Bonchev–Trinajstić information content (AvgIpc) is 2.38. The lowest BCUT2D eigenvalue weighted by Crippen LogP contribution is -2.13. The van der Waals surface area contributed by atoms with Crippen LogP contribution in [0.15, 0.2) is 41.3 Å². The Morgan fingerprint density at radius 1 is 1.28 bits per heavy atom. The Balaban J connectivity index is 2.56. The number of ether oxygens (including phenoxy) is 2. The van der Waals surface area contributed by atoms with Gasteiger partial charge >= 0.3 is 11.9 Å². The molecule has 5 heteroatoms. The van der Waals surface area contributed by atoms with Crippen LogP contribution in [0.2, 0.25) is 0 Å². The summed E-state index contributed by atoms with van der Waals surface area (Å²) >= 11 is 1.45. The van der Waals surface area contributed by atoms with Gasteiger partial charge in [0.25, 0.3) is 0 Å². The molecule has 1 rings (SSSR count). The van der Waals surface area contributed by atoms with Crippen molar-refractivity contribution in [2.45, 2.75) is 11.8 Å². The molecule has 0 amide bonds. The second kappa shape index (κ2) is 6.86. The number of benzene rings is 1. The summed E-state index contributed by atoms with van der Waals surface area (Å²) in [7, 11) is 0. The quantitative estimate of drug-likeness (QED) is 0.355. The molecule has 18 heavy (non-hydrogen) atoms. The van der Waals surface area contributed by atoms with Gasteiger partial charge in [0.2, 0.25) is 6.79 Å². The van der Waals surface area contributed by atoms with E-state index in [0.29, 0.717) is 5.56 Å². The number of hydrogen-bond donors (Lipinski definition) is 0. The molecule has 0 saturated carbocycles. The molecule has 0 heterocycles. The lowest BCUT2D eigenvalue weighted by atomic mass is 10.2. The molecular weight excluding hydrogens is 252 g/mol. The molecule has 0 unspecified atom stereocenters. The van der Waals surface area contributed by atoms with Crippen molar-refractivity contribution in [2.24, 2.45) is 0 Å². The van der Waals surface area contributed by atoms with Crippen LogP contribution in [-0.2, 0) is 14.3 Å². The van der Waals surface area contributed by atoms with Gasteiger partial charge < -0.3 is 9.47 Å². The van der Waals surface area contributed by atoms with Crippen LogP contribution < -0.4 is 0 Å². The van der Waals surface area contributed by atoms with Gasteiger partial charge in [-0.2, -0.15) is 0 Å². The van der Waals surface area contributed by atoms with Crippen molar-refractivity contribution in [1.82, 2.24) is 0 Å². The molecule has 0 N–H and O–H groups in total. The van der Waals surface area contributed by atoms with Crippen LogP contribution in [0.3, 0.4) is 0 Å². The van der Waals surface area contributed by atoms with E-state index in [1.807, 2.05) is 18.4 Å². The van der Waals surface area contributed by atoms with Crippen molar-refractivity contribution in [2.75, 3.05) is 13.0 Å². The Labute approximate surface area is 110 Å². The molecule has 0 aromatic heterocycles. The van der Waals surface area contributed by atoms with Crippen molar-refractivity contribution in [3.63, 3.8) is 0 Å². The average molecular weight is 266 g/mol. The van der Waals surface area contributed by atoms with E-state index in [1.165, 1.54) is 18.7 Å². The second-order valence-electron chi connectivity index (χ2n) is 3.46. The summed E-state index contributed by atoms with van der Waals surface area (Å²) in [5.74, 6) is -1.10. The summed E-state index contributed by atoms with van der Waals surface area (Å²) in [4.78, 5) is 23.6. The van der Waals surface area contributed by atoms with Gasteiger partial charge in [0.15, 0.2) is 0 Å². The van der Waals surface area contributed by atoms with Crippen molar-refractivity contribution in [3.05, 3.63) is 42.0 Å². The maximum Gasteiger partial charge on any atom is 0.342 e. The summed E-state index contributed by atoms with van der Waals surface area (Å²) in [5.41, 5.74) is 0.715. The van der Waals surface area contributed by atoms with Gasteiger partial charge in [-0.1, -0.05) is 18.7 Å². The van der Waals surface area contributed by atoms with E-state index >= 15 is 0 Å². The normalized spacial score (nSPS) is 9.67. The molecule has 4 nitrogen and oxygen atoms in total. The van der Waals surface area contributed by atoms with Crippen molar-refractivity contribution in [1.29, 1.82) is 0 Å². The molecule has 0 bridgehead atoms. The first-order valence-electron chi connectivity index (χ1n) is 5.19. The third kappa shape index (κ3) is 3.92. The van der Waals surface area contributed by atoms with Crippen LogP contribution in [0, 0.1) is 0 Å². The lowest BCUT2D eigenvalue weighted by Gasteiger charge is -2.08. The Kier molecular flexibility index (Phi) is 5.45. The highest BCUT2D eigenvalue weighted by atomic mass is 32.2. The predicted octanol–water partition coefficient (Wildman–Crippen LogP) is 2.64. The van der Waals surface area contributed by atoms with E-state index in [2.05, 4.69) is 11.3 Å². The zero-order valence-electron chi connectivity index (χ0n) is 10.3. The predicted molar refractivity (Wildman–Crippen MR) is 69.4 cm³/mol. The number of carbonyl (C=O) groups is 2. The molecule has 1 aromatic carbocycles. The molecular formula is C13H14O4S. The van der Waals surface area contributed by atoms with E-state index in [1.54, 1.807) is 12.1 Å². The Bertz CT molecular complexity index is 468. The zero-order valence-corrected chi connectivity index (χ0v) is 11.1. The van der Waals surface area contributed by atoms with Crippen molar-refractivity contribution >= 4 is 23.7 Å². The molecule has 0 aliphatic rings. The fourth-order valence-electron chi connectivity index (χ4n) is 1.15. The van der Waals surface area contributed by atoms with Crippen LogP contribution in [0.4, 0.5) is 0 Å². The molecule has 0 aliphatic carbocycles. The number of carbonyl (C=O) groups excluding carboxylic acids is 2. The minimum absolute atomic E-state index is 0.260. The molecule has 0 radical (unpaired) electrons. The number of rotatable bonds is 5. The fourth-order valence-corrected chi connectivity index (χ4v) is 1.74. The zero-order chi connectivity index (χ0) is 13.5. The topological polar surface area (TPSA) is 52.6 Å². The maximum absolute atomic E-state index is 11.7. The highest BCUT2D eigenvalue weighted by molar-refractivity contribution is 7.98. The monoisotopic (exact) mass is 266 g/mol. The first-order chi connectivity index (χ1) is 8.56. The van der Waals surface area contributed by atoms with Crippen molar-refractivity contribution < 1.29 is 19.1 Å². The van der Waals surface area contributed by atoms with Gasteiger partial charge in [-0.15, -0.1) is 11.8 Å². The lowest BCUT2D eigenvalue weighted by molar-refractivity contribution is -0.147. The van der Waals surface area contributed by atoms with Crippen LogP contribution in [0.25, 0.3) is 0 Å². The highest BCUT2D eigenvalue weighted by Gasteiger charge is 2.12. The molecule has 0 spiro atoms. The van der Waals surface area contributed by atoms with Crippen LogP contribution in [0.5, 0.6) is 0 Å². The van der Waals surface area contributed by atoms with Gasteiger partial charge in [0.1, 0.15) is 0 Å². The summed E-state index contributed by atoms with van der Waals surface area (Å²) in [6, 6.07) is 7.07. The van der Waals surface area contributed by atoms with E-state index in [9.17, 15) is 9.59 Å². The maximum atomic E-state index is 11.7. The Morgan fingerprint density at radius 2 is 1.94 bits per heavy atom. The highest BCUT2D eigenvalue weighted by Crippen LogP contribution is 2.20. The summed E-state index contributed by atoms with van der Waals surface area (Å²) in [5, 5.41) is 0. The fraction of sp³-hybridized carbons (Fsp3) is 0.231. The van der Waals surface area contributed by atoms with Gasteiger partial charge in [-0.3, -0.25) is 0 Å². The first-order valence-corrected chi connectivity index (χ1v) is 6.41. The molecule has 0 aliphatic heterocycles. The second-order valence-corrected chi connectivity index (χ2v) is 4.31. The van der Waals surface area contributed by atoms with E-state index < -0.39 is 18.7 Å². The number of esters is 2. The third-order valence-electron chi connectivity index (χ3n) is 2.06. The SMILES string of the molecule is C=C(C)C(=O)OCOC(=O)c1ccccc1SC. The van der Waals surface area contributed by atoms with Crippen LogP contribution >= 0.6 is 11.8 Å². The first kappa shape index (κ1) is 14.3. The van der Waals surface area contributed by atoms with Gasteiger partial charge in [0.05, 0.1) is 5.56 Å². The Morgan fingerprint density at radius 3 is 2.56 bits per heavy atom. The molecule has 0 saturated heterocycles. The van der Waals surface area contributed by atoms with Gasteiger partial charge in [0, 0.05) is 10.5 Å². The standard InChI is InChI=1S/C13H14O4S/c1-9(2)12(14)16-8-17-13(15)10-6-4-5-7-11(10)18-3/h4-7H,1,8H2,2-3H3. The number of thioether (sulfide) groups is 1. The van der Waals surface area contributed by atoms with Crippen molar-refractivity contribution in [3.8, 4) is 0 Å². The number of hydrogen-bond acceptors (Lipinski definition) is 5. The minimum atomic E-state index is -0.582. The van der Waals surface area contributed by atoms with Crippen LogP contribution in [-0.4, -0.2) is 25.0 Å². The Hall–Kier alpha value is -1.75. The summed E-state index contributed by atoms with van der Waals surface area (Å²) in [6.45, 7) is 4.53. The van der Waals surface area contributed by atoms with Crippen LogP contribution in [0.1, 0.15) is 17.3 Å². The molecule has 1 aromatic rings. The largest absolute Gasteiger partial charge is 0.425 e. The summed E-state index contributed by atoms with van der Waals surface area (Å²) < 4.78 is 9.54. The summed E-state index contributed by atoms with van der Waals surface area (Å²) in [6.07, 6.45) is 1.87. The van der Waals surface area contributed by atoms with Gasteiger partial charge in [-0.05, 0) is 25.3 Å². The van der Waals surface area contributed by atoms with E-state index in [0.717, 1.165) is 4.90 Å². The molecule has 0 fully saturated rings. The third-order valence-corrected chi connectivity index (χ3v) is 2.85. The molecule has 0 atom stereocenters. The smallest absolute Gasteiger partial charge is 0.342 e.